The number of azide groups is 1. The predicted molar refractivity (Wildman–Crippen MR) is 423 cm³/mol. The van der Waals surface area contributed by atoms with Crippen molar-refractivity contribution in [3.8, 4) is 36.0 Å². The average molecular weight is 1480 g/mol. The van der Waals surface area contributed by atoms with Gasteiger partial charge in [-0.05, 0) is 184 Å². The minimum absolute atomic E-state index is 0.0255. The number of alkyl halides is 1. The molecular weight excluding hydrogens is 1350 g/mol. The molecule has 2 aromatic carbocycles. The van der Waals surface area contributed by atoms with E-state index < -0.39 is 17.8 Å². The Morgan fingerprint density at radius 1 is 0.735 bits per heavy atom. The van der Waals surface area contributed by atoms with Gasteiger partial charge >= 0.3 is 11.9 Å². The topological polar surface area (TPSA) is 258 Å². The Labute approximate surface area is 626 Å². The van der Waals surface area contributed by atoms with Gasteiger partial charge in [-0.2, -0.15) is 0 Å². The summed E-state index contributed by atoms with van der Waals surface area (Å²) in [5.41, 5.74) is 12.5. The van der Waals surface area contributed by atoms with Crippen LogP contribution in [0.2, 0.25) is 0 Å². The maximum Gasteiger partial charge on any atom is 0.335 e. The van der Waals surface area contributed by atoms with E-state index in [1.165, 1.54) is 69.5 Å². The van der Waals surface area contributed by atoms with Crippen LogP contribution in [0.4, 0.5) is 5.69 Å². The van der Waals surface area contributed by atoms with E-state index in [0.29, 0.717) is 41.0 Å². The minimum Gasteiger partial charge on any atom is -0.463 e. The molecule has 20 heteroatoms. The summed E-state index contributed by atoms with van der Waals surface area (Å²) in [5, 5.41) is 23.0. The summed E-state index contributed by atoms with van der Waals surface area (Å²) in [7, 11) is 0. The molecule has 102 heavy (non-hydrogen) atoms. The normalized spacial score (nSPS) is 16.2. The van der Waals surface area contributed by atoms with Crippen LogP contribution in [0, 0.1) is 96.2 Å². The number of amides is 3. The molecule has 2 fully saturated rings. The smallest absolute Gasteiger partial charge is 0.335 e. The molecule has 1 saturated heterocycles. The first kappa shape index (κ1) is 99.0. The summed E-state index contributed by atoms with van der Waals surface area (Å²) in [6.07, 6.45) is 24.1. The Kier molecular flexibility index (Phi) is 57.5. The number of carbonyl (C=O) groups excluding carboxylic acids is 5. The maximum atomic E-state index is 11.0. The van der Waals surface area contributed by atoms with Gasteiger partial charge in [-0.15, -0.1) is 49.6 Å². The van der Waals surface area contributed by atoms with Gasteiger partial charge in [0.25, 0.3) is 11.8 Å². The Hall–Kier alpha value is -7.14. The Bertz CT molecular complexity index is 2980. The zero-order valence-corrected chi connectivity index (χ0v) is 68.9. The number of carbonyl (C=O) groups is 5. The summed E-state index contributed by atoms with van der Waals surface area (Å²) < 4.78 is 4.61. The zero-order valence-electron chi connectivity index (χ0n) is 67.4. The van der Waals surface area contributed by atoms with Crippen LogP contribution in [0.25, 0.3) is 10.4 Å². The number of terminal acetylenes is 1. The van der Waals surface area contributed by atoms with Crippen LogP contribution in [0.1, 0.15) is 284 Å². The van der Waals surface area contributed by atoms with Crippen molar-refractivity contribution in [2.75, 3.05) is 10.2 Å². The number of rotatable bonds is 12. The van der Waals surface area contributed by atoms with Crippen molar-refractivity contribution in [3.05, 3.63) is 99.5 Å². The van der Waals surface area contributed by atoms with Gasteiger partial charge in [0.1, 0.15) is 0 Å². The highest BCUT2D eigenvalue weighted by atomic mass is 79.9. The molecule has 19 nitrogen and oxygen atoms in total. The Morgan fingerprint density at radius 2 is 1.21 bits per heavy atom. The third-order valence-electron chi connectivity index (χ3n) is 15.2. The number of nitrogens with one attached hydrogen (secondary N) is 1. The van der Waals surface area contributed by atoms with Gasteiger partial charge in [0.15, 0.2) is 11.6 Å². The number of para-hydroxylation sites is 1. The molecule has 1 unspecified atom stereocenters. The highest BCUT2D eigenvalue weighted by Gasteiger charge is 2.49. The lowest BCUT2D eigenvalue weighted by atomic mass is 9.87. The van der Waals surface area contributed by atoms with Gasteiger partial charge in [-0.1, -0.05) is 179 Å². The monoisotopic (exact) mass is 1480 g/mol. The minimum atomic E-state index is -0.566. The van der Waals surface area contributed by atoms with Crippen molar-refractivity contribution in [2.24, 2.45) is 64.3 Å². The maximum absolute atomic E-state index is 11.0. The first-order valence-electron chi connectivity index (χ1n) is 37.0. The predicted octanol–water partition coefficient (Wildman–Crippen LogP) is 19.2. The summed E-state index contributed by atoms with van der Waals surface area (Å²) in [5.74, 6) is 27.2. The molecule has 3 N–H and O–H groups in total. The highest BCUT2D eigenvalue weighted by molar-refractivity contribution is 9.09. The van der Waals surface area contributed by atoms with Crippen LogP contribution in [-0.2, 0) is 44.9 Å². The second-order valence-electron chi connectivity index (χ2n) is 28.8. The number of aromatic nitrogens is 4. The molecule has 3 aliphatic carbocycles. The van der Waals surface area contributed by atoms with E-state index in [9.17, 15) is 24.0 Å². The van der Waals surface area contributed by atoms with E-state index in [1.54, 1.807) is 20.8 Å². The summed E-state index contributed by atoms with van der Waals surface area (Å²) in [6, 6.07) is 17.7. The highest BCUT2D eigenvalue weighted by Crippen LogP contribution is 2.56. The molecule has 3 amide bonds. The number of anilines is 1. The summed E-state index contributed by atoms with van der Waals surface area (Å²) in [6.45, 7) is 50.4. The second kappa shape index (κ2) is 59.3. The van der Waals surface area contributed by atoms with Crippen molar-refractivity contribution in [1.82, 2.24) is 30.8 Å². The quantitative estimate of drug-likeness (QED) is 0.0197. The van der Waals surface area contributed by atoms with Crippen molar-refractivity contribution in [1.29, 1.82) is 0 Å². The number of esters is 1. The van der Waals surface area contributed by atoms with Crippen LogP contribution in [0.3, 0.4) is 0 Å². The fourth-order valence-corrected chi connectivity index (χ4v) is 9.68. The lowest BCUT2D eigenvalue weighted by molar-refractivity contribution is -0.199. The summed E-state index contributed by atoms with van der Waals surface area (Å²) in [4.78, 5) is 67.3. The van der Waals surface area contributed by atoms with Gasteiger partial charge in [0, 0.05) is 96.9 Å². The molecule has 2 aliphatic heterocycles. The van der Waals surface area contributed by atoms with Gasteiger partial charge in [-0.25, -0.2) is 10.7 Å². The van der Waals surface area contributed by atoms with Crippen LogP contribution >= 0.6 is 15.9 Å². The fraction of sp³-hybridized carbons (Fsp3) is 0.671. The van der Waals surface area contributed by atoms with Gasteiger partial charge in [0.2, 0.25) is 5.91 Å². The third kappa shape index (κ3) is 51.1. The van der Waals surface area contributed by atoms with Gasteiger partial charge in [-0.3, -0.25) is 19.2 Å². The number of benzene rings is 2. The van der Waals surface area contributed by atoms with Crippen molar-refractivity contribution in [3.63, 3.8) is 0 Å². The molecule has 0 bridgehead atoms. The first-order valence-corrected chi connectivity index (χ1v) is 38.1. The number of ether oxygens (including phenoxy) is 1. The first-order chi connectivity index (χ1) is 48.0. The Balaban J connectivity index is -0.00000109. The number of aryl methyl sites for hydroxylation is 1. The van der Waals surface area contributed by atoms with E-state index >= 15 is 0 Å². The number of nitrogens with two attached hydrogens (primary N) is 1. The lowest BCUT2D eigenvalue weighted by Gasteiger charge is -2.31. The van der Waals surface area contributed by atoms with Crippen molar-refractivity contribution >= 4 is 51.3 Å². The molecule has 3 atom stereocenters. The molecule has 3 aromatic rings. The number of imide groups is 1. The van der Waals surface area contributed by atoms with E-state index in [4.69, 9.17) is 12.0 Å². The lowest BCUT2D eigenvalue weighted by Crippen LogP contribution is -2.33. The van der Waals surface area contributed by atoms with Crippen LogP contribution in [0.15, 0.2) is 65.8 Å². The second-order valence-corrected chi connectivity index (χ2v) is 29.4. The SMILES string of the molecule is C#CC(C)C.CC(=O)OC(C)C.CC(C)C(=O)ON1C(=O)CCC1=O.CC(C)C1CCC/C=C/CCC1.CC(C)C1[C@H]2CCC#CCC[C@@H]12.CC(C)CBr.CC(C)N1Cc2ccccc2C#Cc2ccccc21.CC(C)N=[N+]=[N-].CC(C)ON.CCC(=O)NC(C)C.Cc1nnc(C(C)C)nn1. The average Bonchev–Trinajstić information content (AvgIpc) is 1.57. The Morgan fingerprint density at radius 3 is 1.55 bits per heavy atom. The number of hydroxylamine groups is 2. The molecule has 0 radical (unpaired) electrons. The summed E-state index contributed by atoms with van der Waals surface area (Å²) >= 11 is 3.31. The third-order valence-corrected chi connectivity index (χ3v) is 16.5. The van der Waals surface area contributed by atoms with E-state index in [-0.39, 0.29) is 54.9 Å². The molecule has 8 rings (SSSR count). The molecule has 0 spiro atoms. The number of hydrogen-bond donors (Lipinski definition) is 2. The van der Waals surface area contributed by atoms with Gasteiger partial charge < -0.3 is 24.6 Å². The molecular formula is C82H134BrN11O8. The molecule has 3 heterocycles. The number of halogens is 1. The molecule has 5 aliphatic rings. The number of hydrogen-bond acceptors (Lipinski definition) is 15. The number of fused-ring (bicyclic) bond motifs is 3. The molecule has 1 saturated carbocycles. The zero-order chi connectivity index (χ0) is 78.5. The number of nitrogens with zero attached hydrogens (tertiary/aromatic N) is 9. The van der Waals surface area contributed by atoms with Crippen LogP contribution in [0.5, 0.6) is 0 Å². The fourth-order valence-electron chi connectivity index (χ4n) is 9.68. The van der Waals surface area contributed by atoms with E-state index in [2.05, 4.69) is 223 Å². The van der Waals surface area contributed by atoms with Crippen LogP contribution in [-0.4, -0.2) is 90.8 Å². The number of allylic oxidation sites excluding steroid dienone is 2. The van der Waals surface area contributed by atoms with Crippen LogP contribution < -0.4 is 16.1 Å². The largest absolute Gasteiger partial charge is 0.463 e. The van der Waals surface area contributed by atoms with E-state index in [0.717, 1.165) is 77.3 Å². The molecule has 1 aromatic heterocycles. The van der Waals surface area contributed by atoms with Crippen molar-refractivity contribution < 1.29 is 38.4 Å². The van der Waals surface area contributed by atoms with Crippen molar-refractivity contribution in [2.45, 2.75) is 299 Å². The standard InChI is InChI=1S/C18H17N.C12H18.C12H22.C8H11NO4.C6H10N4.C6H13NO.C5H10O2.C5H8.C4H9Br.C3H7N3.C3H9NO/c1-14(2)19-13-17-9-4-3-7-15(17)11-12-16-8-5-6-10-18(16)19;1-9(2)12-10-7-5-3-4-6-8-11(10)12;1-11(2)12-9-7-5-3-4-6-8-10-12;1-5(2)8(12)13-9-6(10)3-4-7(9)11;1-4(2)6-9-7-5(3)8-10-6;1-4-6(8)7-5(2)3;1-4(2)7-5(3)6;1-4-5(2)3;1-4(2)3-5;1-3(2)5-6-4;1-3(2)5-4/h3-10,14H,13H2,1-2H3;9-12H,5-8H2,1-2H3;3-4,11-12H,5-10H2,1-2H3;5H,3-4H2,1-2H3;4H,1-3H3;5H,4H2,1-3H3,(H,7,8);4H,1-3H3;1,5H,2-3H3;4H,3H2,1-2H3;3H,1-2H3;3H,4H2,1-2H3/b;;4-3+;;;;;;;;/t;10-,11+,12?;;;;;;;;;. The van der Waals surface area contributed by atoms with E-state index in [1.807, 2.05) is 90.0 Å². The molecule has 572 valence electrons. The van der Waals surface area contributed by atoms with Gasteiger partial charge in [0.05, 0.1) is 23.8 Å².